The van der Waals surface area contributed by atoms with Crippen molar-refractivity contribution in [1.29, 1.82) is 0 Å². The first-order valence-corrected chi connectivity index (χ1v) is 5.91. The van der Waals surface area contributed by atoms with Crippen molar-refractivity contribution in [2.75, 3.05) is 0 Å². The highest BCUT2D eigenvalue weighted by Crippen LogP contribution is 2.17. The van der Waals surface area contributed by atoms with E-state index in [1.165, 1.54) is 6.07 Å². The van der Waals surface area contributed by atoms with E-state index < -0.39 is 0 Å². The molecule has 19 heavy (non-hydrogen) atoms. The Hall–Kier alpha value is -2.75. The van der Waals surface area contributed by atoms with Crippen LogP contribution in [0, 0.1) is 0 Å². The predicted molar refractivity (Wildman–Crippen MR) is 73.5 cm³/mol. The van der Waals surface area contributed by atoms with Gasteiger partial charge >= 0.3 is 0 Å². The van der Waals surface area contributed by atoms with E-state index in [1.54, 1.807) is 6.20 Å². The molecule has 4 heteroatoms. The maximum absolute atomic E-state index is 11.7. The zero-order valence-electron chi connectivity index (χ0n) is 10.1. The van der Waals surface area contributed by atoms with Gasteiger partial charge in [-0.1, -0.05) is 36.4 Å². The lowest BCUT2D eigenvalue weighted by Gasteiger charge is -2.03. The Morgan fingerprint density at radius 2 is 1.68 bits per heavy atom. The molecule has 0 spiro atoms. The molecule has 1 N–H and O–H groups in total. The van der Waals surface area contributed by atoms with Crippen LogP contribution in [0.5, 0.6) is 0 Å². The quantitative estimate of drug-likeness (QED) is 0.759. The molecule has 3 aromatic rings. The molecule has 0 saturated heterocycles. The van der Waals surface area contributed by atoms with Gasteiger partial charge < -0.3 is 4.98 Å². The smallest absolute Gasteiger partial charge is 0.251 e. The van der Waals surface area contributed by atoms with Crippen molar-refractivity contribution < 1.29 is 0 Å². The van der Waals surface area contributed by atoms with E-state index in [2.05, 4.69) is 15.0 Å². The van der Waals surface area contributed by atoms with Gasteiger partial charge in [-0.2, -0.15) is 0 Å². The first-order valence-electron chi connectivity index (χ1n) is 5.91. The van der Waals surface area contributed by atoms with Crippen LogP contribution in [0.2, 0.25) is 0 Å². The lowest BCUT2D eigenvalue weighted by molar-refractivity contribution is 1.11. The summed E-state index contributed by atoms with van der Waals surface area (Å²) in [5.41, 5.74) is 2.02. The number of benzene rings is 1. The summed E-state index contributed by atoms with van der Waals surface area (Å²) in [6.45, 7) is 0. The number of rotatable bonds is 2. The summed E-state index contributed by atoms with van der Waals surface area (Å²) in [4.78, 5) is 23.1. The Balaban J connectivity index is 2.15. The molecule has 3 rings (SSSR count). The summed E-state index contributed by atoms with van der Waals surface area (Å²) in [5.74, 6) is 0.479. The van der Waals surface area contributed by atoms with E-state index in [1.807, 2.05) is 48.5 Å². The van der Waals surface area contributed by atoms with Gasteiger partial charge in [-0.15, -0.1) is 0 Å². The lowest BCUT2D eigenvalue weighted by Crippen LogP contribution is -2.09. The van der Waals surface area contributed by atoms with Crippen molar-refractivity contribution >= 4 is 0 Å². The molecule has 92 valence electrons. The fourth-order valence-electron chi connectivity index (χ4n) is 1.84. The Morgan fingerprint density at radius 3 is 2.42 bits per heavy atom. The summed E-state index contributed by atoms with van der Waals surface area (Å²) >= 11 is 0. The Kier molecular flexibility index (Phi) is 2.90. The number of hydrogen-bond donors (Lipinski definition) is 1. The van der Waals surface area contributed by atoms with Crippen LogP contribution in [0.25, 0.3) is 22.8 Å². The number of aromatic amines is 1. The molecule has 0 radical (unpaired) electrons. The minimum Gasteiger partial charge on any atom is -0.305 e. The number of pyridine rings is 1. The summed E-state index contributed by atoms with van der Waals surface area (Å²) in [6, 6.07) is 16.6. The van der Waals surface area contributed by atoms with Crippen LogP contribution in [0.3, 0.4) is 0 Å². The molecule has 0 unspecified atom stereocenters. The van der Waals surface area contributed by atoms with E-state index in [4.69, 9.17) is 0 Å². The molecule has 0 atom stereocenters. The topological polar surface area (TPSA) is 58.6 Å². The van der Waals surface area contributed by atoms with E-state index >= 15 is 0 Å². The lowest BCUT2D eigenvalue weighted by atomic mass is 10.1. The highest BCUT2D eigenvalue weighted by Gasteiger charge is 2.06. The summed E-state index contributed by atoms with van der Waals surface area (Å²) in [5, 5.41) is 0. The maximum atomic E-state index is 11.7. The van der Waals surface area contributed by atoms with Gasteiger partial charge in [-0.25, -0.2) is 4.98 Å². The third kappa shape index (κ3) is 2.42. The fraction of sp³-hybridized carbons (Fsp3) is 0. The van der Waals surface area contributed by atoms with Gasteiger partial charge in [0.05, 0.1) is 5.69 Å². The molecule has 0 aliphatic rings. The van der Waals surface area contributed by atoms with Crippen LogP contribution < -0.4 is 5.56 Å². The van der Waals surface area contributed by atoms with Crippen LogP contribution in [-0.2, 0) is 0 Å². The average Bonchev–Trinajstić information content (AvgIpc) is 2.48. The predicted octanol–water partition coefficient (Wildman–Crippen LogP) is 2.50. The molecule has 0 amide bonds. The molecule has 0 aliphatic heterocycles. The number of nitrogens with zero attached hydrogens (tertiary/aromatic N) is 2. The summed E-state index contributed by atoms with van der Waals surface area (Å²) in [6.07, 6.45) is 1.67. The van der Waals surface area contributed by atoms with Gasteiger partial charge in [-0.05, 0) is 12.1 Å². The van der Waals surface area contributed by atoms with Crippen molar-refractivity contribution in [1.82, 2.24) is 15.0 Å². The zero-order valence-corrected chi connectivity index (χ0v) is 10.1. The largest absolute Gasteiger partial charge is 0.305 e. The second-order valence-electron chi connectivity index (χ2n) is 4.06. The zero-order chi connectivity index (χ0) is 13.1. The highest BCUT2D eigenvalue weighted by molar-refractivity contribution is 5.61. The molecule has 2 aromatic heterocycles. The van der Waals surface area contributed by atoms with Gasteiger partial charge in [0.2, 0.25) is 0 Å². The van der Waals surface area contributed by atoms with E-state index in [0.717, 1.165) is 5.56 Å². The summed E-state index contributed by atoms with van der Waals surface area (Å²) in [7, 11) is 0. The van der Waals surface area contributed by atoms with Crippen molar-refractivity contribution in [3.8, 4) is 22.8 Å². The van der Waals surface area contributed by atoms with Gasteiger partial charge in [0.15, 0.2) is 5.82 Å². The van der Waals surface area contributed by atoms with Crippen LogP contribution in [0.1, 0.15) is 0 Å². The van der Waals surface area contributed by atoms with Crippen LogP contribution in [-0.4, -0.2) is 15.0 Å². The Bertz CT molecular complexity index is 675. The van der Waals surface area contributed by atoms with Crippen LogP contribution >= 0.6 is 0 Å². The highest BCUT2D eigenvalue weighted by atomic mass is 16.1. The van der Waals surface area contributed by atoms with Crippen molar-refractivity contribution in [2.24, 2.45) is 0 Å². The van der Waals surface area contributed by atoms with Crippen molar-refractivity contribution in [3.05, 3.63) is 71.1 Å². The third-order valence-electron chi connectivity index (χ3n) is 2.72. The first-order chi connectivity index (χ1) is 9.33. The first kappa shape index (κ1) is 11.3. The minimum atomic E-state index is -0.186. The number of aromatic nitrogens is 3. The number of nitrogens with one attached hydrogen (secondary N) is 1. The summed E-state index contributed by atoms with van der Waals surface area (Å²) < 4.78 is 0. The Labute approximate surface area is 109 Å². The van der Waals surface area contributed by atoms with Crippen molar-refractivity contribution in [2.45, 2.75) is 0 Å². The minimum absolute atomic E-state index is 0.186. The molecule has 1 aromatic carbocycles. The number of hydrogen-bond acceptors (Lipinski definition) is 3. The third-order valence-corrected chi connectivity index (χ3v) is 2.72. The van der Waals surface area contributed by atoms with Crippen molar-refractivity contribution in [3.63, 3.8) is 0 Å². The molecule has 0 fully saturated rings. The molecular formula is C15H11N3O. The van der Waals surface area contributed by atoms with Gasteiger partial charge in [-0.3, -0.25) is 9.78 Å². The van der Waals surface area contributed by atoms with Gasteiger partial charge in [0, 0.05) is 17.8 Å². The molecule has 0 saturated carbocycles. The SMILES string of the molecule is O=c1cc(-c2ccccc2)nc(-c2ccccn2)[nH]1. The molecule has 0 bridgehead atoms. The van der Waals surface area contributed by atoms with Crippen LogP contribution in [0.15, 0.2) is 65.6 Å². The monoisotopic (exact) mass is 249 g/mol. The average molecular weight is 249 g/mol. The molecule has 0 aliphatic carbocycles. The van der Waals surface area contributed by atoms with Gasteiger partial charge in [0.25, 0.3) is 5.56 Å². The van der Waals surface area contributed by atoms with Crippen LogP contribution in [0.4, 0.5) is 0 Å². The molecular weight excluding hydrogens is 238 g/mol. The van der Waals surface area contributed by atoms with E-state index in [9.17, 15) is 4.79 Å². The van der Waals surface area contributed by atoms with E-state index in [0.29, 0.717) is 17.2 Å². The standard InChI is InChI=1S/C15H11N3O/c19-14-10-13(11-6-2-1-3-7-11)17-15(18-14)12-8-4-5-9-16-12/h1-10H,(H,17,18,19). The van der Waals surface area contributed by atoms with Gasteiger partial charge in [0.1, 0.15) is 5.69 Å². The second kappa shape index (κ2) is 4.86. The van der Waals surface area contributed by atoms with E-state index in [-0.39, 0.29) is 5.56 Å². The number of H-pyrrole nitrogens is 1. The molecule has 2 heterocycles. The second-order valence-corrected chi connectivity index (χ2v) is 4.06. The maximum Gasteiger partial charge on any atom is 0.251 e. The molecule has 4 nitrogen and oxygen atoms in total. The normalized spacial score (nSPS) is 10.3. The fourth-order valence-corrected chi connectivity index (χ4v) is 1.84. The Morgan fingerprint density at radius 1 is 0.895 bits per heavy atom.